The third-order valence-corrected chi connectivity index (χ3v) is 3.43. The van der Waals surface area contributed by atoms with Gasteiger partial charge in [-0.15, -0.1) is 0 Å². The Balaban J connectivity index is 2.12. The first kappa shape index (κ1) is 10.5. The van der Waals surface area contributed by atoms with Crippen molar-refractivity contribution < 1.29 is 9.84 Å². The Labute approximate surface area is 89.9 Å². The molecule has 0 bridgehead atoms. The first-order valence-electron chi connectivity index (χ1n) is 5.20. The van der Waals surface area contributed by atoms with Crippen molar-refractivity contribution in [1.82, 2.24) is 0 Å². The summed E-state index contributed by atoms with van der Waals surface area (Å²) in [6.45, 7) is 0.736. The lowest BCUT2D eigenvalue weighted by molar-refractivity contribution is 0.211. The van der Waals surface area contributed by atoms with Gasteiger partial charge < -0.3 is 15.6 Å². The van der Waals surface area contributed by atoms with Gasteiger partial charge in [0.15, 0.2) is 0 Å². The van der Waals surface area contributed by atoms with Crippen LogP contribution in [0.4, 0.5) is 0 Å². The topological polar surface area (TPSA) is 55.5 Å². The van der Waals surface area contributed by atoms with Gasteiger partial charge in [-0.2, -0.15) is 0 Å². The van der Waals surface area contributed by atoms with E-state index in [1.165, 1.54) is 5.56 Å². The van der Waals surface area contributed by atoms with E-state index < -0.39 is 0 Å². The second-order valence-corrected chi connectivity index (χ2v) is 4.25. The van der Waals surface area contributed by atoms with Gasteiger partial charge in [0.1, 0.15) is 5.75 Å². The van der Waals surface area contributed by atoms with E-state index in [0.29, 0.717) is 12.5 Å². The largest absolute Gasteiger partial charge is 0.497 e. The van der Waals surface area contributed by atoms with E-state index in [1.54, 1.807) is 7.11 Å². The molecular formula is C12H17NO2. The molecule has 1 aliphatic rings. The summed E-state index contributed by atoms with van der Waals surface area (Å²) >= 11 is 0. The molecule has 2 unspecified atom stereocenters. The van der Waals surface area contributed by atoms with Crippen LogP contribution in [-0.2, 0) is 0 Å². The van der Waals surface area contributed by atoms with Crippen molar-refractivity contribution in [3.8, 4) is 5.75 Å². The minimum Gasteiger partial charge on any atom is -0.497 e. The third-order valence-electron chi connectivity index (χ3n) is 3.43. The molecule has 3 nitrogen and oxygen atoms in total. The van der Waals surface area contributed by atoms with Gasteiger partial charge in [0, 0.05) is 12.0 Å². The molecule has 0 spiro atoms. The van der Waals surface area contributed by atoms with Gasteiger partial charge in [0.2, 0.25) is 0 Å². The number of benzene rings is 1. The molecule has 0 saturated heterocycles. The lowest BCUT2D eigenvalue weighted by Crippen LogP contribution is -2.21. The first-order chi connectivity index (χ1) is 7.25. The monoisotopic (exact) mass is 207 g/mol. The van der Waals surface area contributed by atoms with Crippen LogP contribution >= 0.6 is 0 Å². The summed E-state index contributed by atoms with van der Waals surface area (Å²) in [7, 11) is 1.66. The maximum atomic E-state index is 9.28. The minimum atomic E-state index is -0.0609. The van der Waals surface area contributed by atoms with E-state index in [4.69, 9.17) is 10.5 Å². The van der Waals surface area contributed by atoms with Crippen LogP contribution in [0.25, 0.3) is 0 Å². The van der Waals surface area contributed by atoms with E-state index in [9.17, 15) is 5.11 Å². The highest BCUT2D eigenvalue weighted by Gasteiger charge is 2.53. The molecule has 0 amide bonds. The Hall–Kier alpha value is -1.06. The summed E-state index contributed by atoms with van der Waals surface area (Å²) in [5, 5.41) is 9.28. The molecule has 0 aliphatic heterocycles. The fourth-order valence-corrected chi connectivity index (χ4v) is 2.12. The number of aliphatic hydroxyl groups excluding tert-OH is 1. The third kappa shape index (κ3) is 1.73. The molecule has 1 fully saturated rings. The van der Waals surface area contributed by atoms with Crippen LogP contribution < -0.4 is 10.5 Å². The molecular weight excluding hydrogens is 190 g/mol. The maximum Gasteiger partial charge on any atom is 0.118 e. The number of aliphatic hydroxyl groups is 1. The van der Waals surface area contributed by atoms with Gasteiger partial charge in [-0.3, -0.25) is 0 Å². The van der Waals surface area contributed by atoms with Crippen LogP contribution in [0.1, 0.15) is 17.9 Å². The van der Waals surface area contributed by atoms with Gasteiger partial charge in [-0.25, -0.2) is 0 Å². The average molecular weight is 207 g/mol. The van der Waals surface area contributed by atoms with E-state index in [1.807, 2.05) is 12.1 Å². The molecule has 1 aromatic rings. The van der Waals surface area contributed by atoms with Crippen LogP contribution in [0.3, 0.4) is 0 Å². The van der Waals surface area contributed by atoms with Crippen molar-refractivity contribution in [1.29, 1.82) is 0 Å². The van der Waals surface area contributed by atoms with Gasteiger partial charge in [-0.1, -0.05) is 12.1 Å². The Morgan fingerprint density at radius 2 is 2.13 bits per heavy atom. The lowest BCUT2D eigenvalue weighted by atomic mass is 10.00. The molecule has 2 rings (SSSR count). The summed E-state index contributed by atoms with van der Waals surface area (Å²) in [5.41, 5.74) is 6.86. The molecule has 1 saturated carbocycles. The van der Waals surface area contributed by atoms with E-state index in [2.05, 4.69) is 12.1 Å². The van der Waals surface area contributed by atoms with Gasteiger partial charge >= 0.3 is 0 Å². The van der Waals surface area contributed by atoms with E-state index in [-0.39, 0.29) is 12.0 Å². The van der Waals surface area contributed by atoms with Crippen LogP contribution in [0.5, 0.6) is 5.75 Å². The predicted molar refractivity (Wildman–Crippen MR) is 58.9 cm³/mol. The van der Waals surface area contributed by atoms with Crippen molar-refractivity contribution in [3.63, 3.8) is 0 Å². The Kier molecular flexibility index (Phi) is 2.67. The molecule has 3 N–H and O–H groups in total. The number of rotatable bonds is 4. The summed E-state index contributed by atoms with van der Waals surface area (Å²) in [6, 6.07) is 8.01. The minimum absolute atomic E-state index is 0.0609. The normalized spacial score (nSPS) is 28.9. The standard InChI is InChI=1S/C12H17NO2/c1-15-10-4-2-9(3-5-10)11-6-12(11,7-13)8-14/h2-5,11,14H,6-8,13H2,1H3. The molecule has 1 aromatic carbocycles. The Morgan fingerprint density at radius 1 is 1.47 bits per heavy atom. The highest BCUT2D eigenvalue weighted by Crippen LogP contribution is 2.58. The summed E-state index contributed by atoms with van der Waals surface area (Å²) in [5.74, 6) is 1.28. The number of hydrogen-bond donors (Lipinski definition) is 2. The zero-order valence-corrected chi connectivity index (χ0v) is 8.94. The fraction of sp³-hybridized carbons (Fsp3) is 0.500. The molecule has 0 aromatic heterocycles. The number of methoxy groups -OCH3 is 1. The summed E-state index contributed by atoms with van der Waals surface area (Å²) in [4.78, 5) is 0. The first-order valence-corrected chi connectivity index (χ1v) is 5.20. The van der Waals surface area contributed by atoms with Crippen molar-refractivity contribution in [2.45, 2.75) is 12.3 Å². The predicted octanol–water partition coefficient (Wildman–Crippen LogP) is 1.12. The van der Waals surface area contributed by atoms with Crippen LogP contribution in [0.2, 0.25) is 0 Å². The lowest BCUT2D eigenvalue weighted by Gasteiger charge is -2.11. The molecule has 1 aliphatic carbocycles. The van der Waals surface area contributed by atoms with Crippen LogP contribution in [0.15, 0.2) is 24.3 Å². The molecule has 82 valence electrons. The van der Waals surface area contributed by atoms with Crippen LogP contribution in [-0.4, -0.2) is 25.4 Å². The second kappa shape index (κ2) is 3.83. The smallest absolute Gasteiger partial charge is 0.118 e. The number of hydrogen-bond acceptors (Lipinski definition) is 3. The van der Waals surface area contributed by atoms with E-state index in [0.717, 1.165) is 12.2 Å². The maximum absolute atomic E-state index is 9.28. The number of ether oxygens (including phenoxy) is 1. The molecule has 15 heavy (non-hydrogen) atoms. The van der Waals surface area contributed by atoms with Crippen molar-refractivity contribution in [2.75, 3.05) is 20.3 Å². The van der Waals surface area contributed by atoms with E-state index >= 15 is 0 Å². The van der Waals surface area contributed by atoms with Gasteiger partial charge in [0.05, 0.1) is 13.7 Å². The quantitative estimate of drug-likeness (QED) is 0.778. The fourth-order valence-electron chi connectivity index (χ4n) is 2.12. The van der Waals surface area contributed by atoms with Crippen molar-refractivity contribution in [3.05, 3.63) is 29.8 Å². The zero-order valence-electron chi connectivity index (χ0n) is 8.94. The summed E-state index contributed by atoms with van der Waals surface area (Å²) in [6.07, 6.45) is 0.992. The molecule has 0 radical (unpaired) electrons. The van der Waals surface area contributed by atoms with Gasteiger partial charge in [-0.05, 0) is 30.0 Å². The van der Waals surface area contributed by atoms with Crippen molar-refractivity contribution in [2.24, 2.45) is 11.1 Å². The Bertz CT molecular complexity index is 330. The van der Waals surface area contributed by atoms with Crippen LogP contribution in [0, 0.1) is 5.41 Å². The number of nitrogens with two attached hydrogens (primary N) is 1. The molecule has 2 atom stereocenters. The summed E-state index contributed by atoms with van der Waals surface area (Å²) < 4.78 is 5.10. The SMILES string of the molecule is COc1ccc(C2CC2(CN)CO)cc1. The average Bonchev–Trinajstić information content (AvgIpc) is 3.05. The molecule has 0 heterocycles. The van der Waals surface area contributed by atoms with Crippen molar-refractivity contribution >= 4 is 0 Å². The van der Waals surface area contributed by atoms with Gasteiger partial charge in [0.25, 0.3) is 0 Å². The Morgan fingerprint density at radius 3 is 2.53 bits per heavy atom. The second-order valence-electron chi connectivity index (χ2n) is 4.25. The molecule has 3 heteroatoms. The highest BCUT2D eigenvalue weighted by atomic mass is 16.5. The zero-order chi connectivity index (χ0) is 10.9. The highest BCUT2D eigenvalue weighted by molar-refractivity contribution is 5.35.